The zero-order valence-corrected chi connectivity index (χ0v) is 13.8. The van der Waals surface area contributed by atoms with Crippen LogP contribution in [0.4, 0.5) is 0 Å². The molecular weight excluding hydrogens is 294 g/mol. The first kappa shape index (κ1) is 16.7. The Kier molecular flexibility index (Phi) is 7.13. The number of unbranched alkanes of at least 4 members (excludes halogenated alkanes) is 1. The molecule has 1 heterocycles. The maximum Gasteiger partial charge on any atom is 0.172 e. The van der Waals surface area contributed by atoms with Crippen molar-refractivity contribution in [3.05, 3.63) is 52.2 Å². The molecule has 0 radical (unpaired) electrons. The van der Waals surface area contributed by atoms with Gasteiger partial charge in [0.15, 0.2) is 5.78 Å². The summed E-state index contributed by atoms with van der Waals surface area (Å²) in [4.78, 5) is 12.7. The lowest BCUT2D eigenvalue weighted by Crippen LogP contribution is -2.18. The topological polar surface area (TPSA) is 38.3 Å². The fourth-order valence-corrected chi connectivity index (χ4v) is 3.05. The molecule has 0 atom stereocenters. The van der Waals surface area contributed by atoms with Crippen LogP contribution in [0.2, 0.25) is 0 Å². The van der Waals surface area contributed by atoms with Crippen molar-refractivity contribution in [1.82, 2.24) is 5.32 Å². The molecule has 0 saturated carbocycles. The normalized spacial score (nSPS) is 10.6. The molecule has 0 bridgehead atoms. The number of hydrogen-bond acceptors (Lipinski definition) is 4. The largest absolute Gasteiger partial charge is 0.496 e. The van der Waals surface area contributed by atoms with Gasteiger partial charge in [0.2, 0.25) is 0 Å². The van der Waals surface area contributed by atoms with Gasteiger partial charge in [-0.2, -0.15) is 0 Å². The summed E-state index contributed by atoms with van der Waals surface area (Å²) in [6.45, 7) is 1.88. The number of hydrogen-bond donors (Lipinski definition) is 1. The van der Waals surface area contributed by atoms with Crippen LogP contribution < -0.4 is 10.1 Å². The first-order chi connectivity index (χ1) is 10.8. The number of rotatable bonds is 10. The van der Waals surface area contributed by atoms with Gasteiger partial charge in [0, 0.05) is 6.42 Å². The van der Waals surface area contributed by atoms with Gasteiger partial charge in [0.05, 0.1) is 12.0 Å². The molecule has 1 aromatic heterocycles. The molecule has 0 unspecified atom stereocenters. The molecule has 2 rings (SSSR count). The first-order valence-corrected chi connectivity index (χ1v) is 8.58. The highest BCUT2D eigenvalue weighted by molar-refractivity contribution is 7.12. The van der Waals surface area contributed by atoms with Crippen LogP contribution >= 0.6 is 11.3 Å². The number of carbonyl (C=O) groups is 1. The van der Waals surface area contributed by atoms with Crippen molar-refractivity contribution in [3.63, 3.8) is 0 Å². The highest BCUT2D eigenvalue weighted by atomic mass is 32.1. The van der Waals surface area contributed by atoms with Crippen LogP contribution in [0, 0.1) is 0 Å². The molecule has 118 valence electrons. The standard InChI is InChI=1S/C18H23NO2S/c1-21-17-9-3-2-7-15(17)11-13-19-12-5-4-8-16(20)18-10-6-14-22-18/h2-3,6-7,9-10,14,19H,4-5,8,11-13H2,1H3. The van der Waals surface area contributed by atoms with Crippen LogP contribution in [0.25, 0.3) is 0 Å². The second-order valence-electron chi connectivity index (χ2n) is 5.17. The maximum atomic E-state index is 11.8. The van der Waals surface area contributed by atoms with E-state index in [9.17, 15) is 4.79 Å². The monoisotopic (exact) mass is 317 g/mol. The quantitative estimate of drug-likeness (QED) is 0.533. The van der Waals surface area contributed by atoms with Crippen LogP contribution in [0.15, 0.2) is 41.8 Å². The minimum atomic E-state index is 0.268. The molecule has 0 fully saturated rings. The SMILES string of the molecule is COc1ccccc1CCNCCCCC(=O)c1cccs1. The Morgan fingerprint density at radius 1 is 1.14 bits per heavy atom. The molecule has 3 nitrogen and oxygen atoms in total. The van der Waals surface area contributed by atoms with Crippen molar-refractivity contribution < 1.29 is 9.53 Å². The molecule has 1 N–H and O–H groups in total. The van der Waals surface area contributed by atoms with Crippen molar-refractivity contribution in [1.29, 1.82) is 0 Å². The number of nitrogens with one attached hydrogen (secondary N) is 1. The third-order valence-electron chi connectivity index (χ3n) is 3.57. The molecule has 1 aromatic carbocycles. The second-order valence-corrected chi connectivity index (χ2v) is 6.12. The summed E-state index contributed by atoms with van der Waals surface area (Å²) in [6, 6.07) is 11.9. The van der Waals surface area contributed by atoms with Crippen LogP contribution in [-0.4, -0.2) is 26.0 Å². The Bertz CT molecular complexity index is 566. The van der Waals surface area contributed by atoms with E-state index in [1.165, 1.54) is 16.9 Å². The Morgan fingerprint density at radius 3 is 2.77 bits per heavy atom. The Balaban J connectivity index is 1.55. The van der Waals surface area contributed by atoms with Gasteiger partial charge in [-0.05, 0) is 55.4 Å². The summed E-state index contributed by atoms with van der Waals surface area (Å²) in [7, 11) is 1.71. The van der Waals surface area contributed by atoms with Crippen molar-refractivity contribution in [2.24, 2.45) is 0 Å². The summed E-state index contributed by atoms with van der Waals surface area (Å²) < 4.78 is 5.34. The lowest BCUT2D eigenvalue weighted by molar-refractivity contribution is 0.0983. The fraction of sp³-hybridized carbons (Fsp3) is 0.389. The number of thiophene rings is 1. The zero-order valence-electron chi connectivity index (χ0n) is 13.0. The van der Waals surface area contributed by atoms with Crippen molar-refractivity contribution in [3.8, 4) is 5.75 Å². The van der Waals surface area contributed by atoms with Gasteiger partial charge in [0.25, 0.3) is 0 Å². The van der Waals surface area contributed by atoms with Gasteiger partial charge in [-0.25, -0.2) is 0 Å². The average Bonchev–Trinajstić information content (AvgIpc) is 3.08. The molecule has 22 heavy (non-hydrogen) atoms. The van der Waals surface area contributed by atoms with Gasteiger partial charge in [-0.3, -0.25) is 4.79 Å². The summed E-state index contributed by atoms with van der Waals surface area (Å²) in [5.74, 6) is 1.22. The number of benzene rings is 1. The summed E-state index contributed by atoms with van der Waals surface area (Å²) in [6.07, 6.45) is 3.58. The minimum absolute atomic E-state index is 0.268. The molecule has 0 spiro atoms. The van der Waals surface area contributed by atoms with Gasteiger partial charge in [-0.15, -0.1) is 11.3 Å². The summed E-state index contributed by atoms with van der Waals surface area (Å²) >= 11 is 1.53. The van der Waals surface area contributed by atoms with Crippen molar-refractivity contribution in [2.45, 2.75) is 25.7 Å². The Morgan fingerprint density at radius 2 is 2.00 bits per heavy atom. The number of ketones is 1. The molecule has 0 aliphatic heterocycles. The van der Waals surface area contributed by atoms with E-state index >= 15 is 0 Å². The number of methoxy groups -OCH3 is 1. The van der Waals surface area contributed by atoms with E-state index in [0.29, 0.717) is 6.42 Å². The maximum absolute atomic E-state index is 11.8. The number of carbonyl (C=O) groups excluding carboxylic acids is 1. The molecule has 4 heteroatoms. The first-order valence-electron chi connectivity index (χ1n) is 7.70. The van der Waals surface area contributed by atoms with Crippen LogP contribution in [0.3, 0.4) is 0 Å². The predicted octanol–water partition coefficient (Wildman–Crippen LogP) is 3.94. The van der Waals surface area contributed by atoms with Gasteiger partial charge >= 0.3 is 0 Å². The van der Waals surface area contributed by atoms with Gasteiger partial charge in [0.1, 0.15) is 5.75 Å². The number of para-hydroxylation sites is 1. The van der Waals surface area contributed by atoms with E-state index in [1.807, 2.05) is 35.7 Å². The molecule has 0 aliphatic rings. The summed E-state index contributed by atoms with van der Waals surface area (Å²) in [5.41, 5.74) is 1.23. The van der Waals surface area contributed by atoms with Crippen LogP contribution in [-0.2, 0) is 6.42 Å². The smallest absolute Gasteiger partial charge is 0.172 e. The third-order valence-corrected chi connectivity index (χ3v) is 4.48. The van der Waals surface area contributed by atoms with Crippen molar-refractivity contribution >= 4 is 17.1 Å². The van der Waals surface area contributed by atoms with Crippen molar-refractivity contribution in [2.75, 3.05) is 20.2 Å². The van der Waals surface area contributed by atoms with Gasteiger partial charge < -0.3 is 10.1 Å². The van der Waals surface area contributed by atoms with E-state index in [-0.39, 0.29) is 5.78 Å². The molecule has 2 aromatic rings. The van der Waals surface area contributed by atoms with Gasteiger partial charge in [-0.1, -0.05) is 24.3 Å². The molecular formula is C18H23NO2S. The number of ether oxygens (including phenoxy) is 1. The van der Waals surface area contributed by atoms with Crippen LogP contribution in [0.5, 0.6) is 5.75 Å². The highest BCUT2D eigenvalue weighted by Gasteiger charge is 2.05. The predicted molar refractivity (Wildman–Crippen MR) is 92.1 cm³/mol. The molecule has 0 amide bonds. The van der Waals surface area contributed by atoms with E-state index in [0.717, 1.165) is 43.0 Å². The Hall–Kier alpha value is -1.65. The lowest BCUT2D eigenvalue weighted by Gasteiger charge is -2.08. The molecule has 0 aliphatic carbocycles. The van der Waals surface area contributed by atoms with E-state index in [1.54, 1.807) is 7.11 Å². The molecule has 0 saturated heterocycles. The minimum Gasteiger partial charge on any atom is -0.496 e. The van der Waals surface area contributed by atoms with E-state index < -0.39 is 0 Å². The highest BCUT2D eigenvalue weighted by Crippen LogP contribution is 2.17. The Labute approximate surface area is 136 Å². The second kappa shape index (κ2) is 9.38. The van der Waals surface area contributed by atoms with Crippen LogP contribution in [0.1, 0.15) is 34.5 Å². The average molecular weight is 317 g/mol. The van der Waals surface area contributed by atoms with E-state index in [4.69, 9.17) is 4.74 Å². The fourth-order valence-electron chi connectivity index (χ4n) is 2.35. The lowest BCUT2D eigenvalue weighted by atomic mass is 10.1. The third kappa shape index (κ3) is 5.28. The van der Waals surface area contributed by atoms with E-state index in [2.05, 4.69) is 11.4 Å². The number of Topliss-reactive ketones (excluding diaryl/α,β-unsaturated/α-hetero) is 1. The summed E-state index contributed by atoms with van der Waals surface area (Å²) in [5, 5.41) is 5.38. The zero-order chi connectivity index (χ0) is 15.6.